The molecular formula is C33H31F9N4O5. The third-order valence-electron chi connectivity index (χ3n) is 7.99. The van der Waals surface area contributed by atoms with Crippen LogP contribution in [0.5, 0.6) is 5.75 Å². The summed E-state index contributed by atoms with van der Waals surface area (Å²) in [6.45, 7) is 2.36. The molecule has 0 fully saturated rings. The third-order valence-corrected chi connectivity index (χ3v) is 7.99. The molecule has 18 heteroatoms. The van der Waals surface area contributed by atoms with Crippen molar-refractivity contribution in [3.63, 3.8) is 0 Å². The molecule has 276 valence electrons. The van der Waals surface area contributed by atoms with E-state index >= 15 is 0 Å². The lowest BCUT2D eigenvalue weighted by Crippen LogP contribution is -2.48. The van der Waals surface area contributed by atoms with Gasteiger partial charge in [-0.25, -0.2) is 14.8 Å². The maximum Gasteiger partial charge on any atom is 0.416 e. The SMILES string of the molecule is CCOC(=O)N1c2ccc(C(F)(F)F)cc2[C@@H](N(Cc2cc(C(F)(F)F)cc(C(F)(F)F)c2)c2ncc(OCCCC(=O)C=O)cn2)C[C@H]1CC. The van der Waals surface area contributed by atoms with E-state index in [1.807, 2.05) is 0 Å². The van der Waals surface area contributed by atoms with E-state index < -0.39 is 71.3 Å². The normalized spacial score (nSPS) is 16.3. The standard InChI is InChI=1S/C33H31F9N4O5/c1-3-23-14-28(26-13-20(31(34,35)36)7-8-27(26)46(23)30(49)50-4-2)45(29-43-15-25(16-44-29)51-9-5-6-24(48)18-47)17-19-10-21(32(37,38)39)12-22(11-19)33(40,41)42/h7-8,10-13,15-16,18,23,28H,3-6,9,14,17H2,1-2H3/t23-,28+/m1/s1. The summed E-state index contributed by atoms with van der Waals surface area (Å²) in [5, 5.41) is 0. The summed E-state index contributed by atoms with van der Waals surface area (Å²) in [6.07, 6.45) is -13.6. The number of amides is 1. The minimum atomic E-state index is -5.18. The quantitative estimate of drug-likeness (QED) is 0.0793. The minimum absolute atomic E-state index is 0.0144. The van der Waals surface area contributed by atoms with Gasteiger partial charge in [0.15, 0.2) is 17.8 Å². The van der Waals surface area contributed by atoms with Crippen molar-refractivity contribution in [3.05, 3.63) is 76.6 Å². The van der Waals surface area contributed by atoms with Crippen LogP contribution < -0.4 is 14.5 Å². The molecule has 1 aliphatic heterocycles. The van der Waals surface area contributed by atoms with E-state index in [2.05, 4.69) is 9.97 Å². The zero-order valence-corrected chi connectivity index (χ0v) is 27.0. The van der Waals surface area contributed by atoms with Crippen molar-refractivity contribution in [2.45, 2.75) is 76.7 Å². The van der Waals surface area contributed by atoms with Crippen molar-refractivity contribution in [3.8, 4) is 5.75 Å². The summed E-state index contributed by atoms with van der Waals surface area (Å²) >= 11 is 0. The average molecular weight is 735 g/mol. The van der Waals surface area contributed by atoms with Gasteiger partial charge < -0.3 is 14.4 Å². The number of carbonyl (C=O) groups is 3. The van der Waals surface area contributed by atoms with Crippen LogP contribution >= 0.6 is 0 Å². The van der Waals surface area contributed by atoms with Crippen molar-refractivity contribution >= 4 is 29.8 Å². The topological polar surface area (TPSA) is 102 Å². The number of alkyl halides is 9. The van der Waals surface area contributed by atoms with Crippen LogP contribution in [-0.4, -0.2) is 47.4 Å². The number of nitrogens with zero attached hydrogens (tertiary/aromatic N) is 4. The van der Waals surface area contributed by atoms with E-state index in [1.54, 1.807) is 6.92 Å². The van der Waals surface area contributed by atoms with Gasteiger partial charge in [0.2, 0.25) is 5.95 Å². The first-order chi connectivity index (χ1) is 23.9. The molecule has 0 unspecified atom stereocenters. The molecule has 1 aliphatic rings. The van der Waals surface area contributed by atoms with Gasteiger partial charge in [0.1, 0.15) is 0 Å². The number of halogens is 9. The molecule has 3 aromatic rings. The second kappa shape index (κ2) is 15.6. The molecule has 4 rings (SSSR count). The molecule has 2 atom stereocenters. The molecule has 0 N–H and O–H groups in total. The Labute approximate surface area is 285 Å². The highest BCUT2D eigenvalue weighted by Gasteiger charge is 2.42. The molecule has 0 spiro atoms. The van der Waals surface area contributed by atoms with Crippen LogP contribution in [0.1, 0.15) is 73.4 Å². The Hall–Kier alpha value is -4.90. The molecule has 9 nitrogen and oxygen atoms in total. The van der Waals surface area contributed by atoms with Crippen molar-refractivity contribution in [1.82, 2.24) is 9.97 Å². The molecule has 0 saturated carbocycles. The van der Waals surface area contributed by atoms with Gasteiger partial charge in [-0.05, 0) is 73.7 Å². The van der Waals surface area contributed by atoms with E-state index in [0.717, 1.165) is 30.6 Å². The number of aromatic nitrogens is 2. The maximum atomic E-state index is 14.0. The number of benzene rings is 2. The maximum absolute atomic E-state index is 14.0. The van der Waals surface area contributed by atoms with E-state index in [4.69, 9.17) is 9.47 Å². The smallest absolute Gasteiger partial charge is 0.416 e. The molecule has 0 radical (unpaired) electrons. The fraction of sp³-hybridized carbons (Fsp3) is 0.424. The number of ether oxygens (including phenoxy) is 2. The molecule has 1 amide bonds. The van der Waals surface area contributed by atoms with Crippen molar-refractivity contribution in [2.24, 2.45) is 0 Å². The average Bonchev–Trinajstić information content (AvgIpc) is 3.07. The molecule has 1 aromatic heterocycles. The Bertz CT molecular complexity index is 1680. The Morgan fingerprint density at radius 3 is 2.04 bits per heavy atom. The molecule has 0 aliphatic carbocycles. The van der Waals surface area contributed by atoms with Gasteiger partial charge >= 0.3 is 24.6 Å². The van der Waals surface area contributed by atoms with E-state index in [-0.39, 0.29) is 74.2 Å². The van der Waals surface area contributed by atoms with Gasteiger partial charge in [-0.3, -0.25) is 14.5 Å². The van der Waals surface area contributed by atoms with Crippen LogP contribution in [0.25, 0.3) is 0 Å². The van der Waals surface area contributed by atoms with Gasteiger partial charge in [0.25, 0.3) is 0 Å². The van der Waals surface area contributed by atoms with Gasteiger partial charge in [-0.15, -0.1) is 0 Å². The molecule has 0 saturated heterocycles. The second-order valence-electron chi connectivity index (χ2n) is 11.5. The molecule has 2 aromatic carbocycles. The van der Waals surface area contributed by atoms with Crippen molar-refractivity contribution in [2.75, 3.05) is 23.0 Å². The third kappa shape index (κ3) is 9.46. The lowest BCUT2D eigenvalue weighted by atomic mass is 9.87. The number of fused-ring (bicyclic) bond motifs is 1. The Balaban J connectivity index is 1.88. The van der Waals surface area contributed by atoms with Crippen LogP contribution in [0.3, 0.4) is 0 Å². The number of rotatable bonds is 12. The number of anilines is 2. The first kappa shape index (κ1) is 38.9. The van der Waals surface area contributed by atoms with E-state index in [9.17, 15) is 53.9 Å². The first-order valence-corrected chi connectivity index (χ1v) is 15.5. The Kier molecular flexibility index (Phi) is 11.9. The summed E-state index contributed by atoms with van der Waals surface area (Å²) in [6, 6.07) is 1.55. The number of carbonyl (C=O) groups excluding carboxylic acids is 3. The predicted octanol–water partition coefficient (Wildman–Crippen LogP) is 8.35. The summed E-state index contributed by atoms with van der Waals surface area (Å²) < 4.78 is 136. The number of Topliss-reactive ketones (excluding diaryl/α,β-unsaturated/α-hetero) is 1. The first-order valence-electron chi connectivity index (χ1n) is 15.5. The number of hydrogen-bond donors (Lipinski definition) is 0. The molecule has 2 heterocycles. The largest absolute Gasteiger partial charge is 0.490 e. The monoisotopic (exact) mass is 734 g/mol. The summed E-state index contributed by atoms with van der Waals surface area (Å²) in [7, 11) is 0. The van der Waals surface area contributed by atoms with Gasteiger partial charge in [0, 0.05) is 19.0 Å². The van der Waals surface area contributed by atoms with Gasteiger partial charge in [-0.1, -0.05) is 6.92 Å². The minimum Gasteiger partial charge on any atom is -0.490 e. The fourth-order valence-corrected chi connectivity index (χ4v) is 5.64. The Morgan fingerprint density at radius 1 is 0.902 bits per heavy atom. The Morgan fingerprint density at radius 2 is 1.51 bits per heavy atom. The zero-order chi connectivity index (χ0) is 37.7. The van der Waals surface area contributed by atoms with Crippen LogP contribution in [-0.2, 0) is 39.4 Å². The number of ketones is 1. The summed E-state index contributed by atoms with van der Waals surface area (Å²) in [5.74, 6) is -0.909. The molecular weight excluding hydrogens is 703 g/mol. The highest BCUT2D eigenvalue weighted by Crippen LogP contribution is 2.46. The van der Waals surface area contributed by atoms with E-state index in [1.165, 1.54) is 16.7 Å². The lowest BCUT2D eigenvalue weighted by molar-refractivity contribution is -0.143. The fourth-order valence-electron chi connectivity index (χ4n) is 5.64. The highest BCUT2D eigenvalue weighted by molar-refractivity contribution is 6.24. The number of hydrogen-bond acceptors (Lipinski definition) is 8. The van der Waals surface area contributed by atoms with Crippen LogP contribution in [0.2, 0.25) is 0 Å². The van der Waals surface area contributed by atoms with Gasteiger partial charge in [0.05, 0.1) is 54.0 Å². The van der Waals surface area contributed by atoms with Crippen LogP contribution in [0.15, 0.2) is 48.8 Å². The number of aldehydes is 1. The summed E-state index contributed by atoms with van der Waals surface area (Å²) in [5.41, 5.74) is -4.98. The predicted molar refractivity (Wildman–Crippen MR) is 163 cm³/mol. The summed E-state index contributed by atoms with van der Waals surface area (Å²) in [4.78, 5) is 45.6. The van der Waals surface area contributed by atoms with Crippen molar-refractivity contribution < 1.29 is 63.4 Å². The van der Waals surface area contributed by atoms with Crippen LogP contribution in [0, 0.1) is 0 Å². The second-order valence-corrected chi connectivity index (χ2v) is 11.5. The zero-order valence-electron chi connectivity index (χ0n) is 27.0. The van der Waals surface area contributed by atoms with Gasteiger partial charge in [-0.2, -0.15) is 39.5 Å². The van der Waals surface area contributed by atoms with Crippen molar-refractivity contribution in [1.29, 1.82) is 0 Å². The molecule has 0 bridgehead atoms. The van der Waals surface area contributed by atoms with E-state index in [0.29, 0.717) is 12.1 Å². The lowest BCUT2D eigenvalue weighted by Gasteiger charge is -2.44. The molecule has 51 heavy (non-hydrogen) atoms. The highest BCUT2D eigenvalue weighted by atomic mass is 19.4. The van der Waals surface area contributed by atoms with Crippen LogP contribution in [0.4, 0.5) is 55.9 Å².